The van der Waals surface area contributed by atoms with Gasteiger partial charge in [-0.25, -0.2) is 38.5 Å². The third kappa shape index (κ3) is 32.2. The molecule has 2 fully saturated rings. The number of amides is 4. The second kappa shape index (κ2) is 42.8. The number of phosphoric ester groups is 6. The molecular formula is C53H80N14O40P6-8. The lowest BCUT2D eigenvalue weighted by atomic mass is 9.87. The highest BCUT2D eigenvalue weighted by Gasteiger charge is 2.49. The van der Waals surface area contributed by atoms with Crippen LogP contribution in [0.5, 0.6) is 0 Å². The van der Waals surface area contributed by atoms with Crippen LogP contribution in [0.3, 0.4) is 0 Å². The molecule has 113 heavy (non-hydrogen) atoms. The van der Waals surface area contributed by atoms with Gasteiger partial charge in [-0.15, -0.1) is 0 Å². The SMILES string of the molecule is C.CC(C)(COP(=O)([O-])OP(=O)([O-])OCC1OC(n2cnc3c(N)ncnc32)C(O)C1OP(=O)([O-])[O-])C(O)C(=O)NCCC(=O)NCCC(=O)/C=C/CC(=O)O.CC(C)(COP(=O)([O-])OP(=O)([O-])OCC1OC(n2cnc3c(N)ncnc32)C(O)C1OP(=O)([O-])[O-])C(O)C(=O)NCCC(=O)NCCC(=O)C(O)CCC(=O)O.O. The maximum atomic E-state index is 12.5. The second-order valence-corrected chi connectivity index (χ2v) is 33.0. The van der Waals surface area contributed by atoms with Gasteiger partial charge in [-0.2, -0.15) is 0 Å². The fraction of sp³-hybridized carbons (Fsp3) is 0.623. The van der Waals surface area contributed by atoms with Gasteiger partial charge in [0.15, 0.2) is 47.0 Å². The second-order valence-electron chi connectivity index (χ2n) is 24.8. The number of nitrogens with two attached hydrogens (primary N) is 2. The number of nitrogens with zero attached hydrogens (tertiary/aromatic N) is 8. The Kier molecular flexibility index (Phi) is 37.9. The zero-order chi connectivity index (χ0) is 83.6. The molecule has 0 radical (unpaired) electrons. The summed E-state index contributed by atoms with van der Waals surface area (Å²) in [4.78, 5) is 212. The molecule has 54 nitrogen and oxygen atoms in total. The maximum Gasteiger partial charge on any atom is 0.307 e. The van der Waals surface area contributed by atoms with Gasteiger partial charge in [0.25, 0.3) is 31.3 Å². The molecule has 2 saturated heterocycles. The van der Waals surface area contributed by atoms with E-state index in [1.165, 1.54) is 0 Å². The molecular weight excluding hydrogens is 1660 g/mol. The first kappa shape index (κ1) is 100. The summed E-state index contributed by atoms with van der Waals surface area (Å²) in [5.41, 5.74) is 7.95. The number of hydrogen-bond acceptors (Lipinski definition) is 45. The number of allylic oxidation sites excluding steroid dienone is 1. The highest BCUT2D eigenvalue weighted by Crippen LogP contribution is 2.58. The number of aliphatic carboxylic acids is 2. The summed E-state index contributed by atoms with van der Waals surface area (Å²) in [7, 11) is -35.3. The first-order valence-electron chi connectivity index (χ1n) is 31.7. The van der Waals surface area contributed by atoms with Crippen molar-refractivity contribution in [3.8, 4) is 0 Å². The van der Waals surface area contributed by atoms with Crippen molar-refractivity contribution in [2.75, 3.05) is 64.1 Å². The molecule has 0 aliphatic carbocycles. The van der Waals surface area contributed by atoms with Crippen LogP contribution >= 0.6 is 46.9 Å². The Labute approximate surface area is 637 Å². The van der Waals surface area contributed by atoms with Gasteiger partial charge in [0.05, 0.1) is 61.1 Å². The molecule has 6 rings (SSSR count). The highest BCUT2D eigenvalue weighted by molar-refractivity contribution is 7.60. The Balaban J connectivity index is 0.000000575. The van der Waals surface area contributed by atoms with Gasteiger partial charge in [-0.1, -0.05) is 41.2 Å². The number of aliphatic hydroxyl groups excluding tert-OH is 5. The van der Waals surface area contributed by atoms with E-state index in [0.29, 0.717) is 0 Å². The average Bonchev–Trinajstić information content (AvgIpc) is 1.62. The molecule has 4 aromatic rings. The minimum absolute atomic E-state index is 0. The van der Waals surface area contributed by atoms with Crippen molar-refractivity contribution >= 4 is 128 Å². The number of nitrogens with one attached hydrogen (secondary N) is 4. The molecule has 2 aliphatic heterocycles. The number of carboxylic acid groups (broad SMARTS) is 2. The summed E-state index contributed by atoms with van der Waals surface area (Å²) in [5.74, 6) is -7.04. The molecule has 60 heteroatoms. The molecule has 4 amide bonds. The standard InChI is InChI=1S/C26H42N7O20P3.C26H40N7O19P3.CH4.H2O/c1-26(2,21(40)24(41)29-8-6-16(36)28-7-5-14(35)13(34)3-4-17(37)38)10-50-56(47,48)53-55(45,46)49-9-15-20(52-54(42,43)44)19(39)25(51-15)33-12-32-18-22(27)30-11-31-23(18)33;1-26(2,21(39)24(40)29-9-7-16(35)28-8-6-14(34)4-3-5-17(36)37)11-49-55(46,47)52-54(44,45)48-10-15-20(51-53(41,42)43)19(38)25(50-15)33-13-32-18-22(27)30-12-31-23(18)33;;/h11-13,15,19-21,25,34,39-40H,3-10H2,1-2H3,(H,28,36)(H,29,41)(H,37,38)(H,45,46)(H,47,48)(H2,27,30,31)(H2,42,43,44);3-4,12-13,15,19-21,25,38-39H,5-11H2,1-2H3,(H,28,35)(H,29,40)(H,36,37)(H,44,45)(H,46,47)(H2,27,30,31)(H2,41,42,43);1H4;1H2/p-8/b;4-3+;;. The summed E-state index contributed by atoms with van der Waals surface area (Å²) in [6.07, 6.45) is -16.5. The summed E-state index contributed by atoms with van der Waals surface area (Å²) in [6.45, 7) is -0.979. The van der Waals surface area contributed by atoms with E-state index < -0.39 is 205 Å². The third-order valence-electron chi connectivity index (χ3n) is 15.1. The number of aliphatic hydroxyl groups is 5. The predicted molar refractivity (Wildman–Crippen MR) is 355 cm³/mol. The molecule has 4 aromatic heterocycles. The average molecular weight is 1740 g/mol. The maximum absolute atomic E-state index is 12.5. The highest BCUT2D eigenvalue weighted by atomic mass is 31.3. The lowest BCUT2D eigenvalue weighted by Gasteiger charge is -2.36. The number of ketones is 2. The van der Waals surface area contributed by atoms with Gasteiger partial charge in [0.1, 0.15) is 78.6 Å². The summed E-state index contributed by atoms with van der Waals surface area (Å²) >= 11 is 0. The number of carboxylic acids is 2. The molecule has 15 atom stereocenters. The van der Waals surface area contributed by atoms with Crippen LogP contribution < -0.4 is 71.9 Å². The zero-order valence-electron chi connectivity index (χ0n) is 58.5. The number of hydrogen-bond donors (Lipinski definition) is 13. The number of ether oxygens (including phenoxy) is 2. The smallest absolute Gasteiger partial charge is 0.307 e. The van der Waals surface area contributed by atoms with Gasteiger partial charge in [-0.3, -0.25) is 65.8 Å². The van der Waals surface area contributed by atoms with Crippen LogP contribution in [0, 0.1) is 10.8 Å². The Morgan fingerprint density at radius 2 is 0.929 bits per heavy atom. The van der Waals surface area contributed by atoms with Gasteiger partial charge in [-0.05, 0) is 12.5 Å². The lowest BCUT2D eigenvalue weighted by Crippen LogP contribution is -2.46. The van der Waals surface area contributed by atoms with Crippen LogP contribution in [-0.2, 0) is 111 Å². The fourth-order valence-corrected chi connectivity index (χ4v) is 14.9. The van der Waals surface area contributed by atoms with E-state index in [1.807, 2.05) is 0 Å². The van der Waals surface area contributed by atoms with E-state index in [1.54, 1.807) is 0 Å². The number of nitrogen functional groups attached to an aromatic ring is 2. The van der Waals surface area contributed by atoms with E-state index in [-0.39, 0.29) is 112 Å². The number of carbonyl (C=O) groups is 8. The number of carbonyl (C=O) groups excluding carboxylic acids is 6. The molecule has 0 saturated carbocycles. The summed E-state index contributed by atoms with van der Waals surface area (Å²) in [6, 6.07) is 0. The van der Waals surface area contributed by atoms with E-state index in [0.717, 1.165) is 74.3 Å². The van der Waals surface area contributed by atoms with Crippen molar-refractivity contribution < 1.29 is 191 Å². The number of aromatic nitrogens is 8. The van der Waals surface area contributed by atoms with Crippen molar-refractivity contribution in [1.29, 1.82) is 0 Å². The molecule has 15 unspecified atom stereocenters. The summed E-state index contributed by atoms with van der Waals surface area (Å²) < 4.78 is 120. The number of imidazole rings is 2. The van der Waals surface area contributed by atoms with Crippen molar-refractivity contribution in [3.05, 3.63) is 37.5 Å². The largest absolute Gasteiger partial charge is 0.790 e. The normalized spacial score (nSPS) is 21.6. The Hall–Kier alpha value is -6.98. The number of phosphoric acid groups is 6. The zero-order valence-corrected chi connectivity index (χ0v) is 63.9. The number of anilines is 2. The number of rotatable bonds is 45. The predicted octanol–water partition coefficient (Wildman–Crippen LogP) is -9.26. The van der Waals surface area contributed by atoms with Gasteiger partial charge in [0, 0.05) is 69.1 Å². The van der Waals surface area contributed by atoms with Crippen LogP contribution in [0.1, 0.15) is 92.5 Å². The van der Waals surface area contributed by atoms with Crippen LogP contribution in [0.25, 0.3) is 22.3 Å². The molecule has 640 valence electrons. The van der Waals surface area contributed by atoms with E-state index in [4.69, 9.17) is 31.2 Å². The van der Waals surface area contributed by atoms with Crippen molar-refractivity contribution in [3.63, 3.8) is 0 Å². The lowest BCUT2D eigenvalue weighted by molar-refractivity contribution is -0.348. The molecule has 0 bridgehead atoms. The first-order chi connectivity index (χ1) is 51.2. The van der Waals surface area contributed by atoms with Crippen LogP contribution in [0.2, 0.25) is 0 Å². The van der Waals surface area contributed by atoms with E-state index in [2.05, 4.69) is 86.9 Å². The van der Waals surface area contributed by atoms with E-state index >= 15 is 0 Å². The topological polar surface area (TPSA) is 876 Å². The van der Waals surface area contributed by atoms with Crippen molar-refractivity contribution in [1.82, 2.24) is 60.3 Å². The number of Topliss-reactive ketones (excluding diaryl/α,β-unsaturated/α-hetero) is 1. The molecule has 2 aliphatic rings. The number of fused-ring (bicyclic) bond motifs is 2. The van der Waals surface area contributed by atoms with Gasteiger partial charge < -0.3 is 159 Å². The van der Waals surface area contributed by atoms with Crippen LogP contribution in [0.4, 0.5) is 11.6 Å². The minimum Gasteiger partial charge on any atom is -0.790 e. The Morgan fingerprint density at radius 3 is 1.30 bits per heavy atom. The van der Waals surface area contributed by atoms with Gasteiger partial charge in [0.2, 0.25) is 23.6 Å². The third-order valence-corrected chi connectivity index (χ3v) is 21.1. The van der Waals surface area contributed by atoms with Crippen LogP contribution in [-0.4, -0.2) is 235 Å². The Bertz CT molecular complexity index is 4290. The molecule has 6 heterocycles. The van der Waals surface area contributed by atoms with Crippen molar-refractivity contribution in [2.45, 2.75) is 147 Å². The Morgan fingerprint density at radius 1 is 0.558 bits per heavy atom. The minimum atomic E-state index is -5.95. The summed E-state index contributed by atoms with van der Waals surface area (Å²) in [5, 5.41) is 78.4. The van der Waals surface area contributed by atoms with Crippen molar-refractivity contribution in [2.24, 2.45) is 10.8 Å². The monoisotopic (exact) mass is 1740 g/mol. The first-order valence-corrected chi connectivity index (χ1v) is 40.5. The van der Waals surface area contributed by atoms with E-state index in [9.17, 15) is 130 Å². The fourth-order valence-electron chi connectivity index (χ4n) is 9.45. The van der Waals surface area contributed by atoms with Crippen LogP contribution in [0.15, 0.2) is 37.5 Å². The molecule has 17 N–H and O–H groups in total. The quantitative estimate of drug-likeness (QED) is 0.0144. The van der Waals surface area contributed by atoms with Gasteiger partial charge >= 0.3 is 11.9 Å². The molecule has 0 aromatic carbocycles. The molecule has 0 spiro atoms.